The number of hydrogen-bond acceptors (Lipinski definition) is 2. The van der Waals surface area contributed by atoms with Crippen molar-refractivity contribution in [1.82, 2.24) is 9.80 Å². The van der Waals surface area contributed by atoms with Gasteiger partial charge in [0.2, 0.25) is 0 Å². The Balaban J connectivity index is 0.00000191. The van der Waals surface area contributed by atoms with Crippen LogP contribution in [0.15, 0.2) is 0 Å². The molecule has 0 radical (unpaired) electrons. The van der Waals surface area contributed by atoms with Crippen molar-refractivity contribution in [2.75, 3.05) is 32.7 Å². The van der Waals surface area contributed by atoms with Gasteiger partial charge in [0.1, 0.15) is 0 Å². The summed E-state index contributed by atoms with van der Waals surface area (Å²) in [4.78, 5) is 5.26. The number of unbranched alkanes of at least 4 members (excludes halogenated alkanes) is 7. The van der Waals surface area contributed by atoms with E-state index in [2.05, 4.69) is 30.6 Å². The van der Waals surface area contributed by atoms with Gasteiger partial charge in [0.05, 0.1) is 0 Å². The maximum Gasteiger partial charge on any atom is 0.0113 e. The van der Waals surface area contributed by atoms with E-state index in [4.69, 9.17) is 0 Å². The van der Waals surface area contributed by atoms with Gasteiger partial charge in [-0.05, 0) is 26.8 Å². The minimum absolute atomic E-state index is 0.727. The molecule has 0 saturated carbocycles. The third-order valence-electron chi connectivity index (χ3n) is 4.47. The Bertz CT molecular complexity index is 196. The Morgan fingerprint density at radius 2 is 1.19 bits per heavy atom. The van der Waals surface area contributed by atoms with Gasteiger partial charge in [0, 0.05) is 32.2 Å². The molecular weight excluding hydrogens is 256 g/mol. The summed E-state index contributed by atoms with van der Waals surface area (Å²) in [5.41, 5.74) is 0. The summed E-state index contributed by atoms with van der Waals surface area (Å²) >= 11 is 0. The molecule has 21 heavy (non-hydrogen) atoms. The first-order valence-corrected chi connectivity index (χ1v) is 9.70. The first-order chi connectivity index (χ1) is 10.2. The van der Waals surface area contributed by atoms with Crippen molar-refractivity contribution in [2.24, 2.45) is 0 Å². The van der Waals surface area contributed by atoms with Gasteiger partial charge in [-0.25, -0.2) is 0 Å². The molecule has 1 saturated heterocycles. The number of rotatable bonds is 10. The van der Waals surface area contributed by atoms with Crippen LogP contribution >= 0.6 is 0 Å². The van der Waals surface area contributed by atoms with Crippen LogP contribution in [0.3, 0.4) is 0 Å². The fourth-order valence-corrected chi connectivity index (χ4v) is 2.97. The average molecular weight is 299 g/mol. The van der Waals surface area contributed by atoms with E-state index in [0.717, 1.165) is 6.04 Å². The largest absolute Gasteiger partial charge is 0.301 e. The molecule has 1 fully saturated rings. The molecule has 0 aromatic rings. The molecule has 0 N–H and O–H groups in total. The van der Waals surface area contributed by atoms with E-state index >= 15 is 0 Å². The van der Waals surface area contributed by atoms with Crippen LogP contribution in [0.25, 0.3) is 0 Å². The Kier molecular flexibility index (Phi) is 14.8. The molecule has 0 unspecified atom stereocenters. The highest BCUT2D eigenvalue weighted by atomic mass is 15.3. The minimum atomic E-state index is 0.727. The zero-order chi connectivity index (χ0) is 15.9. The van der Waals surface area contributed by atoms with Crippen molar-refractivity contribution in [3.8, 4) is 0 Å². The Morgan fingerprint density at radius 3 is 1.67 bits per heavy atom. The molecule has 0 aromatic carbocycles. The fourth-order valence-electron chi connectivity index (χ4n) is 2.97. The van der Waals surface area contributed by atoms with E-state index in [0.29, 0.717) is 0 Å². The Morgan fingerprint density at radius 1 is 0.714 bits per heavy atom. The lowest BCUT2D eigenvalue weighted by molar-refractivity contribution is 0.107. The van der Waals surface area contributed by atoms with E-state index < -0.39 is 0 Å². The zero-order valence-corrected chi connectivity index (χ0v) is 15.7. The highest BCUT2D eigenvalue weighted by molar-refractivity contribution is 4.73. The van der Waals surface area contributed by atoms with Gasteiger partial charge in [-0.2, -0.15) is 0 Å². The summed E-state index contributed by atoms with van der Waals surface area (Å²) in [5.74, 6) is 0. The quantitative estimate of drug-likeness (QED) is 0.513. The highest BCUT2D eigenvalue weighted by Gasteiger charge is 2.17. The normalized spacial score (nSPS) is 16.9. The lowest BCUT2D eigenvalue weighted by Gasteiger charge is -2.36. The molecule has 0 bridgehead atoms. The SMILES string of the molecule is CC.CCCCCCCCCCN1CCN(C(C)C)CC1. The van der Waals surface area contributed by atoms with Gasteiger partial charge in [-0.3, -0.25) is 4.90 Å². The summed E-state index contributed by atoms with van der Waals surface area (Å²) < 4.78 is 0. The minimum Gasteiger partial charge on any atom is -0.301 e. The number of hydrogen-bond donors (Lipinski definition) is 0. The second-order valence-electron chi connectivity index (χ2n) is 6.45. The summed E-state index contributed by atoms with van der Waals surface area (Å²) in [6, 6.07) is 0.727. The molecule has 1 heterocycles. The predicted molar refractivity (Wildman–Crippen MR) is 97.1 cm³/mol. The summed E-state index contributed by atoms with van der Waals surface area (Å²) in [7, 11) is 0. The highest BCUT2D eigenvalue weighted by Crippen LogP contribution is 2.10. The Labute approximate surface area is 135 Å². The van der Waals surface area contributed by atoms with E-state index in [1.807, 2.05) is 13.8 Å². The lowest BCUT2D eigenvalue weighted by Crippen LogP contribution is -2.48. The summed E-state index contributed by atoms with van der Waals surface area (Å²) in [5, 5.41) is 0. The first kappa shape index (κ1) is 20.9. The molecule has 1 aliphatic heterocycles. The molecule has 0 aliphatic carbocycles. The monoisotopic (exact) mass is 298 g/mol. The van der Waals surface area contributed by atoms with E-state index in [9.17, 15) is 0 Å². The summed E-state index contributed by atoms with van der Waals surface area (Å²) in [6.07, 6.45) is 11.5. The van der Waals surface area contributed by atoms with Crippen LogP contribution in [0.1, 0.15) is 86.0 Å². The van der Waals surface area contributed by atoms with Crippen molar-refractivity contribution in [2.45, 2.75) is 92.0 Å². The van der Waals surface area contributed by atoms with Gasteiger partial charge in [0.25, 0.3) is 0 Å². The molecule has 0 aromatic heterocycles. The van der Waals surface area contributed by atoms with Gasteiger partial charge >= 0.3 is 0 Å². The van der Waals surface area contributed by atoms with Crippen molar-refractivity contribution < 1.29 is 0 Å². The van der Waals surface area contributed by atoms with Gasteiger partial charge in [-0.15, -0.1) is 0 Å². The smallest absolute Gasteiger partial charge is 0.0113 e. The molecule has 2 heteroatoms. The molecule has 1 aliphatic rings. The van der Waals surface area contributed by atoms with Gasteiger partial charge in [-0.1, -0.05) is 65.7 Å². The Hall–Kier alpha value is -0.0800. The van der Waals surface area contributed by atoms with Crippen molar-refractivity contribution in [3.05, 3.63) is 0 Å². The molecular formula is C19H42N2. The first-order valence-electron chi connectivity index (χ1n) is 9.70. The van der Waals surface area contributed by atoms with Crippen LogP contribution in [0.4, 0.5) is 0 Å². The van der Waals surface area contributed by atoms with Crippen LogP contribution < -0.4 is 0 Å². The molecule has 2 nitrogen and oxygen atoms in total. The number of nitrogens with zero attached hydrogens (tertiary/aromatic N) is 2. The van der Waals surface area contributed by atoms with Crippen LogP contribution in [0.5, 0.6) is 0 Å². The summed E-state index contributed by atoms with van der Waals surface area (Å²) in [6.45, 7) is 17.4. The maximum absolute atomic E-state index is 2.66. The molecule has 0 atom stereocenters. The average Bonchev–Trinajstić information content (AvgIpc) is 2.52. The maximum atomic E-state index is 2.66. The standard InChI is InChI=1S/C17H36N2.C2H6/c1-4-5-6-7-8-9-10-11-12-18-13-15-19(16-14-18)17(2)3;1-2/h17H,4-16H2,1-3H3;1-2H3. The lowest BCUT2D eigenvalue weighted by atomic mass is 10.1. The predicted octanol–water partition coefficient (Wildman–Crippen LogP) is 5.18. The molecule has 1 rings (SSSR count). The van der Waals surface area contributed by atoms with Crippen LogP contribution in [-0.4, -0.2) is 48.6 Å². The fraction of sp³-hybridized carbons (Fsp3) is 1.00. The van der Waals surface area contributed by atoms with Crippen LogP contribution in [0.2, 0.25) is 0 Å². The molecule has 128 valence electrons. The third kappa shape index (κ3) is 11.2. The van der Waals surface area contributed by atoms with E-state index in [-0.39, 0.29) is 0 Å². The van der Waals surface area contributed by atoms with E-state index in [1.54, 1.807) is 0 Å². The van der Waals surface area contributed by atoms with Crippen molar-refractivity contribution in [3.63, 3.8) is 0 Å². The third-order valence-corrected chi connectivity index (χ3v) is 4.47. The van der Waals surface area contributed by atoms with Crippen LogP contribution in [-0.2, 0) is 0 Å². The second-order valence-corrected chi connectivity index (χ2v) is 6.45. The molecule has 0 spiro atoms. The number of piperazine rings is 1. The van der Waals surface area contributed by atoms with Gasteiger partial charge < -0.3 is 4.90 Å². The topological polar surface area (TPSA) is 6.48 Å². The van der Waals surface area contributed by atoms with Gasteiger partial charge in [0.15, 0.2) is 0 Å². The van der Waals surface area contributed by atoms with E-state index in [1.165, 1.54) is 84.1 Å². The van der Waals surface area contributed by atoms with Crippen molar-refractivity contribution in [1.29, 1.82) is 0 Å². The van der Waals surface area contributed by atoms with Crippen molar-refractivity contribution >= 4 is 0 Å². The zero-order valence-electron chi connectivity index (χ0n) is 15.7. The second kappa shape index (κ2) is 14.8. The molecule has 0 amide bonds. The van der Waals surface area contributed by atoms with Crippen LogP contribution in [0, 0.1) is 0 Å².